The number of hydrogen-bond acceptors (Lipinski definition) is 6. The monoisotopic (exact) mass is 546 g/mol. The predicted octanol–water partition coefficient (Wildman–Crippen LogP) is 5.60. The van der Waals surface area contributed by atoms with E-state index in [2.05, 4.69) is 40.4 Å². The van der Waals surface area contributed by atoms with Crippen LogP contribution in [0.4, 0.5) is 5.95 Å². The highest BCUT2D eigenvalue weighted by Crippen LogP contribution is 2.31. The van der Waals surface area contributed by atoms with E-state index in [9.17, 15) is 13.2 Å². The van der Waals surface area contributed by atoms with Crippen molar-refractivity contribution in [2.75, 3.05) is 4.72 Å². The van der Waals surface area contributed by atoms with E-state index >= 15 is 0 Å². The minimum atomic E-state index is -4.11. The van der Waals surface area contributed by atoms with Gasteiger partial charge in [-0.1, -0.05) is 56.8 Å². The van der Waals surface area contributed by atoms with Crippen LogP contribution in [-0.2, 0) is 10.0 Å². The molecule has 39 heavy (non-hydrogen) atoms. The molecule has 0 spiro atoms. The first-order valence-electron chi connectivity index (χ1n) is 12.9. The number of carbonyl (C=O) groups excluding carboxylic acids is 1. The van der Waals surface area contributed by atoms with Gasteiger partial charge in [-0.3, -0.25) is 4.79 Å². The molecule has 2 heterocycles. The summed E-state index contributed by atoms with van der Waals surface area (Å²) in [5.41, 5.74) is 4.16. The molecule has 9 heteroatoms. The summed E-state index contributed by atoms with van der Waals surface area (Å²) in [6.07, 6.45) is 3.60. The number of sulfonamides is 1. The summed E-state index contributed by atoms with van der Waals surface area (Å²) in [5.74, 6) is -0.169. The van der Waals surface area contributed by atoms with E-state index in [0.717, 1.165) is 16.7 Å². The van der Waals surface area contributed by atoms with Crippen molar-refractivity contribution in [1.82, 2.24) is 15.3 Å². The minimum Gasteiger partial charge on any atom is -0.467 e. The lowest BCUT2D eigenvalue weighted by atomic mass is 9.94. The summed E-state index contributed by atoms with van der Waals surface area (Å²) < 4.78 is 35.6. The molecule has 0 aliphatic carbocycles. The highest BCUT2D eigenvalue weighted by molar-refractivity contribution is 7.92. The number of carbonyl (C=O) groups is 1. The average Bonchev–Trinajstić information content (AvgIpc) is 2.86. The van der Waals surface area contributed by atoms with Crippen LogP contribution in [0.5, 0.6) is 5.88 Å². The molecule has 0 saturated heterocycles. The number of aromatic nitrogens is 2. The molecular weight excluding hydrogens is 512 g/mol. The van der Waals surface area contributed by atoms with Crippen molar-refractivity contribution in [2.24, 2.45) is 5.92 Å². The number of allylic oxidation sites excluding steroid dienone is 1. The first kappa shape index (κ1) is 28.0. The summed E-state index contributed by atoms with van der Waals surface area (Å²) in [5, 5.41) is 3.07. The quantitative estimate of drug-likeness (QED) is 0.403. The number of anilines is 1. The van der Waals surface area contributed by atoms with E-state index in [4.69, 9.17) is 4.74 Å². The SMILES string of the molecule is C=C(/C=C\C)[C@H]1Oc2cc(-c3c(C)cccc3C)nc(n2)NS(=O)(=O)c2cccc(c2)C(=O)N[C@@H]1CC(C)C. The van der Waals surface area contributed by atoms with Crippen LogP contribution in [0.3, 0.4) is 0 Å². The molecule has 2 atom stereocenters. The molecule has 8 nitrogen and oxygen atoms in total. The van der Waals surface area contributed by atoms with Gasteiger partial charge >= 0.3 is 0 Å². The second-order valence-corrected chi connectivity index (χ2v) is 11.8. The van der Waals surface area contributed by atoms with Gasteiger partial charge in [0.05, 0.1) is 16.6 Å². The predicted molar refractivity (Wildman–Crippen MR) is 153 cm³/mol. The Bertz CT molecular complexity index is 1530. The van der Waals surface area contributed by atoms with Gasteiger partial charge in [-0.25, -0.2) is 18.1 Å². The van der Waals surface area contributed by atoms with Crippen LogP contribution >= 0.6 is 0 Å². The first-order valence-corrected chi connectivity index (χ1v) is 14.3. The lowest BCUT2D eigenvalue weighted by Gasteiger charge is -2.30. The smallest absolute Gasteiger partial charge is 0.264 e. The van der Waals surface area contributed by atoms with Gasteiger partial charge in [-0.05, 0) is 68.0 Å². The fourth-order valence-electron chi connectivity index (χ4n) is 4.73. The zero-order chi connectivity index (χ0) is 28.3. The number of ether oxygens (including phenoxy) is 1. The van der Waals surface area contributed by atoms with Crippen molar-refractivity contribution in [3.63, 3.8) is 0 Å². The van der Waals surface area contributed by atoms with Crippen LogP contribution in [0.1, 0.15) is 48.7 Å². The zero-order valence-electron chi connectivity index (χ0n) is 22.9. The number of amides is 1. The van der Waals surface area contributed by atoms with Gasteiger partial charge in [0.2, 0.25) is 11.8 Å². The first-order chi connectivity index (χ1) is 18.5. The second kappa shape index (κ2) is 11.4. The summed E-state index contributed by atoms with van der Waals surface area (Å²) >= 11 is 0. The fourth-order valence-corrected chi connectivity index (χ4v) is 5.72. The number of aryl methyl sites for hydroxylation is 2. The van der Waals surface area contributed by atoms with Crippen LogP contribution in [0.2, 0.25) is 0 Å². The number of rotatable bonds is 5. The van der Waals surface area contributed by atoms with E-state index in [1.54, 1.807) is 12.1 Å². The normalized spacial score (nSPS) is 18.8. The number of benzene rings is 2. The molecule has 2 N–H and O–H groups in total. The van der Waals surface area contributed by atoms with Gasteiger partial charge in [0.1, 0.15) is 6.10 Å². The van der Waals surface area contributed by atoms with E-state index in [1.807, 2.05) is 51.1 Å². The molecule has 1 aliphatic heterocycles. The summed E-state index contributed by atoms with van der Waals surface area (Å²) in [6, 6.07) is 13.0. The topological polar surface area (TPSA) is 110 Å². The third-order valence-corrected chi connectivity index (χ3v) is 7.80. The van der Waals surface area contributed by atoms with E-state index in [-0.39, 0.29) is 28.2 Å². The fraction of sp³-hybridized carbons (Fsp3) is 0.300. The Hall–Kier alpha value is -3.98. The zero-order valence-corrected chi connectivity index (χ0v) is 23.7. The lowest BCUT2D eigenvalue weighted by Crippen LogP contribution is -2.47. The average molecular weight is 547 g/mol. The standard InChI is InChI=1S/C30H34N4O4S/c1-7-10-21(6)28-25(15-18(2)3)31-29(35)22-13-9-14-23(16-22)39(36,37)34-30-32-24(17-26(33-30)38-28)27-19(4)11-8-12-20(27)5/h7-14,16-18,25,28H,6,15H2,1-5H3,(H,31,35)(H,32,33,34)/b10-7-/t25-,28-/m1/s1. The molecule has 0 saturated carbocycles. The van der Waals surface area contributed by atoms with Crippen molar-refractivity contribution in [2.45, 2.75) is 58.1 Å². The molecule has 0 fully saturated rings. The number of nitrogens with zero attached hydrogens (tertiary/aromatic N) is 2. The Morgan fingerprint density at radius 3 is 2.46 bits per heavy atom. The van der Waals surface area contributed by atoms with Crippen molar-refractivity contribution in [3.05, 3.63) is 89.5 Å². The van der Waals surface area contributed by atoms with Crippen LogP contribution in [-0.4, -0.2) is 36.4 Å². The third-order valence-electron chi connectivity index (χ3n) is 6.47. The molecule has 4 rings (SSSR count). The Kier molecular flexibility index (Phi) is 8.20. The molecule has 204 valence electrons. The highest BCUT2D eigenvalue weighted by Gasteiger charge is 2.30. The molecule has 1 aliphatic rings. The van der Waals surface area contributed by atoms with Crippen molar-refractivity contribution in [3.8, 4) is 17.1 Å². The lowest BCUT2D eigenvalue weighted by molar-refractivity contribution is 0.0879. The van der Waals surface area contributed by atoms with Gasteiger partial charge in [0, 0.05) is 17.2 Å². The van der Waals surface area contributed by atoms with Crippen LogP contribution in [0.15, 0.2) is 77.7 Å². The third kappa shape index (κ3) is 6.37. The molecule has 0 radical (unpaired) electrons. The molecule has 3 aromatic rings. The largest absolute Gasteiger partial charge is 0.467 e. The van der Waals surface area contributed by atoms with Crippen LogP contribution in [0, 0.1) is 19.8 Å². The Labute approximate surface area is 230 Å². The van der Waals surface area contributed by atoms with Crippen molar-refractivity contribution in [1.29, 1.82) is 0 Å². The summed E-state index contributed by atoms with van der Waals surface area (Å²) in [6.45, 7) is 14.1. The Morgan fingerprint density at radius 1 is 1.10 bits per heavy atom. The van der Waals surface area contributed by atoms with Crippen LogP contribution in [0.25, 0.3) is 11.3 Å². The molecule has 4 bridgehead atoms. The minimum absolute atomic E-state index is 0.0757. The van der Waals surface area contributed by atoms with Gasteiger partial charge < -0.3 is 10.1 Å². The maximum atomic E-state index is 13.4. The van der Waals surface area contributed by atoms with Gasteiger partial charge in [-0.15, -0.1) is 0 Å². The molecule has 2 aromatic carbocycles. The van der Waals surface area contributed by atoms with Crippen molar-refractivity contribution < 1.29 is 17.9 Å². The van der Waals surface area contributed by atoms with Crippen molar-refractivity contribution >= 4 is 21.9 Å². The Morgan fingerprint density at radius 2 is 1.79 bits per heavy atom. The number of hydrogen-bond donors (Lipinski definition) is 2. The summed E-state index contributed by atoms with van der Waals surface area (Å²) in [4.78, 5) is 22.3. The van der Waals surface area contributed by atoms with Gasteiger partial charge in [0.25, 0.3) is 15.9 Å². The summed E-state index contributed by atoms with van der Waals surface area (Å²) in [7, 11) is -4.11. The highest BCUT2D eigenvalue weighted by atomic mass is 32.2. The van der Waals surface area contributed by atoms with E-state index in [0.29, 0.717) is 17.7 Å². The molecular formula is C30H34N4O4S. The van der Waals surface area contributed by atoms with Gasteiger partial charge in [0.15, 0.2) is 0 Å². The second-order valence-electron chi connectivity index (χ2n) is 10.1. The molecule has 1 aromatic heterocycles. The maximum absolute atomic E-state index is 13.4. The number of nitrogens with one attached hydrogen (secondary N) is 2. The van der Waals surface area contributed by atoms with Crippen LogP contribution < -0.4 is 14.8 Å². The van der Waals surface area contributed by atoms with E-state index < -0.39 is 28.1 Å². The van der Waals surface area contributed by atoms with E-state index in [1.165, 1.54) is 18.2 Å². The molecule has 0 unspecified atom stereocenters. The molecule has 1 amide bonds. The Balaban J connectivity index is 1.97. The maximum Gasteiger partial charge on any atom is 0.264 e. The van der Waals surface area contributed by atoms with Gasteiger partial charge in [-0.2, -0.15) is 4.98 Å². The number of fused-ring (bicyclic) bond motifs is 4.